The van der Waals surface area contributed by atoms with E-state index in [0.29, 0.717) is 18.9 Å². The zero-order valence-electron chi connectivity index (χ0n) is 19.2. The molecule has 0 bridgehead atoms. The summed E-state index contributed by atoms with van der Waals surface area (Å²) in [5.74, 6) is 2.48. The molecule has 0 atom stereocenters. The Hall–Kier alpha value is -3.00. The fourth-order valence-electron chi connectivity index (χ4n) is 3.42. The van der Waals surface area contributed by atoms with Crippen LogP contribution in [0.1, 0.15) is 44.7 Å². The van der Waals surface area contributed by atoms with E-state index >= 15 is 0 Å². The van der Waals surface area contributed by atoms with Crippen LogP contribution < -0.4 is 19.5 Å². The zero-order valence-corrected chi connectivity index (χ0v) is 20.0. The number of thioether (sulfide) groups is 1. The van der Waals surface area contributed by atoms with Crippen LogP contribution in [0.4, 0.5) is 0 Å². The molecule has 0 fully saturated rings. The Balaban J connectivity index is 1.32. The number of rotatable bonds is 9. The fraction of sp³-hybridized carbons (Fsp3) is 0.400. The molecular weight excluding hydrogens is 438 g/mol. The summed E-state index contributed by atoms with van der Waals surface area (Å²) in [7, 11) is 0. The Morgan fingerprint density at radius 1 is 1.12 bits per heavy atom. The normalized spacial score (nSPS) is 15.7. The molecule has 0 spiro atoms. The number of carbonyl (C=O) groups excluding carboxylic acids is 1. The number of unbranched alkanes of at least 4 members (excludes halogenated alkanes) is 1. The summed E-state index contributed by atoms with van der Waals surface area (Å²) in [5.41, 5.74) is 2.20. The van der Waals surface area contributed by atoms with Gasteiger partial charge in [-0.3, -0.25) is 9.79 Å². The molecule has 2 aliphatic rings. The molecule has 0 radical (unpaired) electrons. The molecule has 33 heavy (non-hydrogen) atoms. The molecule has 4 rings (SSSR count). The molecule has 8 heteroatoms. The second kappa shape index (κ2) is 10.3. The lowest BCUT2D eigenvalue weighted by atomic mass is 10.1. The monoisotopic (exact) mass is 467 g/mol. The van der Waals surface area contributed by atoms with E-state index in [1.165, 1.54) is 11.8 Å². The lowest BCUT2D eigenvalue weighted by Gasteiger charge is -2.09. The van der Waals surface area contributed by atoms with Crippen molar-refractivity contribution in [3.8, 4) is 17.2 Å². The largest absolute Gasteiger partial charge is 0.494 e. The molecular formula is C25H29N3O4S. The summed E-state index contributed by atoms with van der Waals surface area (Å²) in [5, 5.41) is 3.73. The Morgan fingerprint density at radius 3 is 2.70 bits per heavy atom. The van der Waals surface area contributed by atoms with Gasteiger partial charge in [0.25, 0.3) is 0 Å². The highest BCUT2D eigenvalue weighted by Crippen LogP contribution is 2.32. The Morgan fingerprint density at radius 2 is 1.91 bits per heavy atom. The predicted octanol–water partition coefficient (Wildman–Crippen LogP) is 4.58. The first-order valence-corrected chi connectivity index (χ1v) is 12.1. The average Bonchev–Trinajstić information content (AvgIpc) is 3.40. The smallest absolute Gasteiger partial charge is 0.231 e. The quantitative estimate of drug-likeness (QED) is 0.546. The Labute approximate surface area is 198 Å². The maximum Gasteiger partial charge on any atom is 0.231 e. The van der Waals surface area contributed by atoms with Gasteiger partial charge >= 0.3 is 0 Å². The first kappa shape index (κ1) is 23.2. The molecule has 0 aromatic heterocycles. The van der Waals surface area contributed by atoms with Crippen molar-refractivity contribution in [3.63, 3.8) is 0 Å². The van der Waals surface area contributed by atoms with Crippen LogP contribution >= 0.6 is 11.8 Å². The van der Waals surface area contributed by atoms with Crippen molar-refractivity contribution in [2.24, 2.45) is 9.98 Å². The third-order valence-corrected chi connectivity index (χ3v) is 6.09. The first-order chi connectivity index (χ1) is 15.9. The van der Waals surface area contributed by atoms with Crippen LogP contribution in [-0.4, -0.2) is 41.5 Å². The third-order valence-electron chi connectivity index (χ3n) is 5.12. The van der Waals surface area contributed by atoms with Crippen LogP contribution in [0.15, 0.2) is 52.4 Å². The maximum absolute atomic E-state index is 12.5. The van der Waals surface area contributed by atoms with Crippen LogP contribution in [-0.2, 0) is 11.3 Å². The minimum absolute atomic E-state index is 0.0657. The highest BCUT2D eigenvalue weighted by Gasteiger charge is 2.28. The predicted molar refractivity (Wildman–Crippen MR) is 132 cm³/mol. The van der Waals surface area contributed by atoms with E-state index in [1.807, 2.05) is 56.3 Å². The van der Waals surface area contributed by atoms with Crippen molar-refractivity contribution in [1.82, 2.24) is 5.32 Å². The van der Waals surface area contributed by atoms with Crippen LogP contribution in [0.3, 0.4) is 0 Å². The highest BCUT2D eigenvalue weighted by molar-refractivity contribution is 8.16. The van der Waals surface area contributed by atoms with Crippen molar-refractivity contribution < 1.29 is 19.0 Å². The minimum Gasteiger partial charge on any atom is -0.494 e. The molecule has 2 heterocycles. The summed E-state index contributed by atoms with van der Waals surface area (Å²) in [6, 6.07) is 13.6. The highest BCUT2D eigenvalue weighted by atomic mass is 32.2. The van der Waals surface area contributed by atoms with Crippen LogP contribution in [0.25, 0.3) is 0 Å². The Bertz CT molecular complexity index is 1060. The standard InChI is InChI=1S/C25H29N3O4S/c1-4-5-12-30-19-9-7-18(8-10-19)23-24(28-25(2,3)27-23)33-15-22(29)26-14-17-6-11-20-21(13-17)32-16-31-20/h6-11,13H,4-5,12,14-16H2,1-3H3,(H,26,29). The average molecular weight is 468 g/mol. The van der Waals surface area contributed by atoms with Crippen LogP contribution in [0, 0.1) is 0 Å². The van der Waals surface area contributed by atoms with Gasteiger partial charge in [-0.05, 0) is 62.2 Å². The van der Waals surface area contributed by atoms with Gasteiger partial charge in [0.1, 0.15) is 16.5 Å². The van der Waals surface area contributed by atoms with E-state index < -0.39 is 5.66 Å². The van der Waals surface area contributed by atoms with E-state index in [9.17, 15) is 4.79 Å². The number of hydrogen-bond acceptors (Lipinski definition) is 7. The summed E-state index contributed by atoms with van der Waals surface area (Å²) in [6.45, 7) is 7.44. The van der Waals surface area contributed by atoms with Crippen molar-refractivity contribution in [2.45, 2.75) is 45.8 Å². The van der Waals surface area contributed by atoms with Gasteiger partial charge in [-0.1, -0.05) is 31.2 Å². The molecule has 0 saturated heterocycles. The fourth-order valence-corrected chi connectivity index (χ4v) is 4.37. The molecule has 0 unspecified atom stereocenters. The molecule has 2 aliphatic heterocycles. The summed E-state index contributed by atoms with van der Waals surface area (Å²) in [6.07, 6.45) is 2.14. The molecule has 2 aromatic carbocycles. The van der Waals surface area contributed by atoms with Crippen molar-refractivity contribution in [1.29, 1.82) is 0 Å². The second-order valence-corrected chi connectivity index (χ2v) is 9.32. The van der Waals surface area contributed by atoms with Gasteiger partial charge in [-0.2, -0.15) is 0 Å². The number of carbonyl (C=O) groups is 1. The van der Waals surface area contributed by atoms with E-state index in [4.69, 9.17) is 24.2 Å². The van der Waals surface area contributed by atoms with Crippen LogP contribution in [0.2, 0.25) is 0 Å². The van der Waals surface area contributed by atoms with Crippen molar-refractivity contribution in [3.05, 3.63) is 53.6 Å². The number of ether oxygens (including phenoxy) is 3. The number of aliphatic imine (C=N–C) groups is 2. The van der Waals surface area contributed by atoms with E-state index in [1.54, 1.807) is 0 Å². The van der Waals surface area contributed by atoms with Gasteiger partial charge in [0, 0.05) is 12.1 Å². The van der Waals surface area contributed by atoms with Gasteiger partial charge in [0.05, 0.1) is 18.1 Å². The Kier molecular flexibility index (Phi) is 7.23. The van der Waals surface area contributed by atoms with Gasteiger partial charge in [0.2, 0.25) is 12.7 Å². The molecule has 0 aliphatic carbocycles. The minimum atomic E-state index is -0.545. The third kappa shape index (κ3) is 6.07. The SMILES string of the molecule is CCCCOc1ccc(C2=NC(C)(C)N=C2SCC(=O)NCc2ccc3c(c2)OCO3)cc1. The van der Waals surface area contributed by atoms with Crippen molar-refractivity contribution >= 4 is 28.4 Å². The first-order valence-electron chi connectivity index (χ1n) is 11.1. The number of hydrogen-bond donors (Lipinski definition) is 1. The van der Waals surface area contributed by atoms with Gasteiger partial charge < -0.3 is 19.5 Å². The van der Waals surface area contributed by atoms with E-state index in [-0.39, 0.29) is 18.5 Å². The molecule has 174 valence electrons. The number of amides is 1. The summed E-state index contributed by atoms with van der Waals surface area (Å²) >= 11 is 1.40. The van der Waals surface area contributed by atoms with E-state index in [2.05, 4.69) is 12.2 Å². The van der Waals surface area contributed by atoms with Gasteiger partial charge in [-0.15, -0.1) is 0 Å². The number of fused-ring (bicyclic) bond motifs is 1. The molecule has 7 nitrogen and oxygen atoms in total. The number of nitrogens with one attached hydrogen (secondary N) is 1. The molecule has 0 saturated carbocycles. The second-order valence-electron chi connectivity index (χ2n) is 8.35. The molecule has 2 aromatic rings. The summed E-state index contributed by atoms with van der Waals surface area (Å²) < 4.78 is 16.5. The van der Waals surface area contributed by atoms with E-state index in [0.717, 1.165) is 46.2 Å². The topological polar surface area (TPSA) is 81.5 Å². The van der Waals surface area contributed by atoms with Gasteiger partial charge in [0.15, 0.2) is 11.5 Å². The zero-order chi connectivity index (χ0) is 23.3. The van der Waals surface area contributed by atoms with Crippen molar-refractivity contribution in [2.75, 3.05) is 19.2 Å². The summed E-state index contributed by atoms with van der Waals surface area (Å²) in [4.78, 5) is 22.0. The van der Waals surface area contributed by atoms with Gasteiger partial charge in [-0.25, -0.2) is 4.99 Å². The number of benzene rings is 2. The number of nitrogens with zero attached hydrogens (tertiary/aromatic N) is 2. The van der Waals surface area contributed by atoms with Crippen LogP contribution in [0.5, 0.6) is 17.2 Å². The lowest BCUT2D eigenvalue weighted by molar-refractivity contribution is -0.118. The lowest BCUT2D eigenvalue weighted by Crippen LogP contribution is -2.25. The maximum atomic E-state index is 12.5. The molecule has 1 N–H and O–H groups in total. The molecule has 1 amide bonds.